The smallest absolute Gasteiger partial charge is 0.309 e. The van der Waals surface area contributed by atoms with Crippen molar-refractivity contribution in [2.24, 2.45) is 5.92 Å². The maximum absolute atomic E-state index is 12.2. The molecule has 0 aromatic heterocycles. The quantitative estimate of drug-likeness (QED) is 0.790. The molecule has 0 N–H and O–H groups in total. The van der Waals surface area contributed by atoms with Crippen LogP contribution < -0.4 is 0 Å². The van der Waals surface area contributed by atoms with E-state index in [0.29, 0.717) is 5.92 Å². The third-order valence-electron chi connectivity index (χ3n) is 4.57. The Morgan fingerprint density at radius 3 is 2.05 bits per heavy atom. The molecule has 21 heavy (non-hydrogen) atoms. The van der Waals surface area contributed by atoms with E-state index in [1.165, 1.54) is 18.2 Å². The van der Waals surface area contributed by atoms with Crippen LogP contribution in [0.25, 0.3) is 0 Å². The van der Waals surface area contributed by atoms with E-state index in [-0.39, 0.29) is 17.8 Å². The summed E-state index contributed by atoms with van der Waals surface area (Å²) in [6.45, 7) is 0. The van der Waals surface area contributed by atoms with Gasteiger partial charge in [-0.05, 0) is 35.8 Å². The number of benzene rings is 2. The Morgan fingerprint density at radius 2 is 1.48 bits per heavy atom. The van der Waals surface area contributed by atoms with Gasteiger partial charge < -0.3 is 4.74 Å². The molecule has 2 aromatic rings. The molecular formula is C19H20O2. The summed E-state index contributed by atoms with van der Waals surface area (Å²) in [5.41, 5.74) is 2.57. The standard InChI is InChI=1S/C19H20O2/c1-21-19(20)18-13-16(14-8-4-2-5-9-14)12-17(18)15-10-6-3-7-11-15/h2-11,16-18H,12-13H2,1H3/t16-,17-,18+/m1/s1. The Kier molecular flexibility index (Phi) is 4.05. The number of carbonyl (C=O) groups is 1. The van der Waals surface area contributed by atoms with Crippen LogP contribution in [-0.2, 0) is 9.53 Å². The molecule has 108 valence electrons. The molecule has 1 fully saturated rings. The van der Waals surface area contributed by atoms with Gasteiger partial charge in [0.05, 0.1) is 13.0 Å². The van der Waals surface area contributed by atoms with E-state index < -0.39 is 0 Å². The Hall–Kier alpha value is -2.09. The van der Waals surface area contributed by atoms with E-state index in [1.54, 1.807) is 0 Å². The first-order chi connectivity index (χ1) is 10.3. The van der Waals surface area contributed by atoms with Gasteiger partial charge in [-0.3, -0.25) is 4.79 Å². The third kappa shape index (κ3) is 2.85. The van der Waals surface area contributed by atoms with Crippen LogP contribution in [0.4, 0.5) is 0 Å². The van der Waals surface area contributed by atoms with Crippen LogP contribution in [0.15, 0.2) is 60.7 Å². The van der Waals surface area contributed by atoms with Gasteiger partial charge in [-0.15, -0.1) is 0 Å². The summed E-state index contributed by atoms with van der Waals surface area (Å²) in [5.74, 6) is 0.564. The molecule has 0 spiro atoms. The zero-order valence-corrected chi connectivity index (χ0v) is 12.2. The van der Waals surface area contributed by atoms with Crippen LogP contribution in [0.2, 0.25) is 0 Å². The lowest BCUT2D eigenvalue weighted by atomic mass is 9.89. The van der Waals surface area contributed by atoms with Crippen LogP contribution in [0, 0.1) is 5.92 Å². The maximum Gasteiger partial charge on any atom is 0.309 e. The van der Waals surface area contributed by atoms with Crippen molar-refractivity contribution in [3.8, 4) is 0 Å². The van der Waals surface area contributed by atoms with E-state index in [4.69, 9.17) is 4.74 Å². The summed E-state index contributed by atoms with van der Waals surface area (Å²) in [5, 5.41) is 0. The highest BCUT2D eigenvalue weighted by Gasteiger charge is 2.40. The SMILES string of the molecule is COC(=O)[C@H]1C[C@H](c2ccccc2)C[C@@H]1c1ccccc1. The Morgan fingerprint density at radius 1 is 0.905 bits per heavy atom. The lowest BCUT2D eigenvalue weighted by Gasteiger charge is -2.17. The summed E-state index contributed by atoms with van der Waals surface area (Å²) in [4.78, 5) is 12.2. The highest BCUT2D eigenvalue weighted by atomic mass is 16.5. The van der Waals surface area contributed by atoms with Gasteiger partial charge in [-0.2, -0.15) is 0 Å². The number of methoxy groups -OCH3 is 1. The van der Waals surface area contributed by atoms with Crippen molar-refractivity contribution in [1.29, 1.82) is 0 Å². The first-order valence-corrected chi connectivity index (χ1v) is 7.47. The number of ether oxygens (including phenoxy) is 1. The van der Waals surface area contributed by atoms with Gasteiger partial charge >= 0.3 is 5.97 Å². The zero-order valence-electron chi connectivity index (χ0n) is 12.2. The minimum atomic E-state index is -0.0812. The highest BCUT2D eigenvalue weighted by molar-refractivity contribution is 5.74. The van der Waals surface area contributed by atoms with Gasteiger partial charge in [0.15, 0.2) is 0 Å². The summed E-state index contributed by atoms with van der Waals surface area (Å²) in [7, 11) is 1.49. The Bertz CT molecular complexity index is 591. The number of hydrogen-bond donors (Lipinski definition) is 0. The first kappa shape index (κ1) is 13.9. The largest absolute Gasteiger partial charge is 0.469 e. The molecule has 0 unspecified atom stereocenters. The molecule has 1 aliphatic rings. The fourth-order valence-electron chi connectivity index (χ4n) is 3.52. The lowest BCUT2D eigenvalue weighted by Crippen LogP contribution is -2.19. The monoisotopic (exact) mass is 280 g/mol. The molecule has 2 heteroatoms. The molecule has 0 radical (unpaired) electrons. The topological polar surface area (TPSA) is 26.3 Å². The number of hydrogen-bond acceptors (Lipinski definition) is 2. The molecule has 0 bridgehead atoms. The first-order valence-electron chi connectivity index (χ1n) is 7.47. The molecule has 1 aliphatic carbocycles. The van der Waals surface area contributed by atoms with Gasteiger partial charge in [0, 0.05) is 0 Å². The van der Waals surface area contributed by atoms with Crippen LogP contribution >= 0.6 is 0 Å². The van der Waals surface area contributed by atoms with E-state index >= 15 is 0 Å². The van der Waals surface area contributed by atoms with Crippen molar-refractivity contribution < 1.29 is 9.53 Å². The summed E-state index contributed by atoms with van der Waals surface area (Å²) in [6.07, 6.45) is 1.88. The molecule has 3 rings (SSSR count). The average Bonchev–Trinajstić information content (AvgIpc) is 3.01. The number of carbonyl (C=O) groups excluding carboxylic acids is 1. The van der Waals surface area contributed by atoms with E-state index in [2.05, 4.69) is 36.4 Å². The van der Waals surface area contributed by atoms with Crippen molar-refractivity contribution in [3.05, 3.63) is 71.8 Å². The van der Waals surface area contributed by atoms with Gasteiger partial charge in [0.25, 0.3) is 0 Å². The van der Waals surface area contributed by atoms with Crippen molar-refractivity contribution in [2.75, 3.05) is 7.11 Å². The number of rotatable bonds is 3. The molecule has 0 aliphatic heterocycles. The molecule has 2 nitrogen and oxygen atoms in total. The minimum absolute atomic E-state index is 0.0393. The average molecular weight is 280 g/mol. The van der Waals surface area contributed by atoms with Gasteiger partial charge in [0.1, 0.15) is 0 Å². The van der Waals surface area contributed by atoms with Crippen LogP contribution in [0.3, 0.4) is 0 Å². The summed E-state index contributed by atoms with van der Waals surface area (Å²) >= 11 is 0. The van der Waals surface area contributed by atoms with E-state index in [1.807, 2.05) is 24.3 Å². The molecule has 1 saturated carbocycles. The summed E-state index contributed by atoms with van der Waals surface area (Å²) < 4.78 is 5.03. The van der Waals surface area contributed by atoms with Crippen molar-refractivity contribution in [1.82, 2.24) is 0 Å². The molecule has 2 aromatic carbocycles. The molecule has 0 saturated heterocycles. The van der Waals surface area contributed by atoms with Crippen molar-refractivity contribution in [3.63, 3.8) is 0 Å². The Labute approximate surface area is 125 Å². The highest BCUT2D eigenvalue weighted by Crippen LogP contribution is 2.48. The maximum atomic E-state index is 12.2. The van der Waals surface area contributed by atoms with E-state index in [0.717, 1.165) is 12.8 Å². The molecular weight excluding hydrogens is 260 g/mol. The van der Waals surface area contributed by atoms with Gasteiger partial charge in [-0.1, -0.05) is 60.7 Å². The normalized spacial score (nSPS) is 24.7. The Balaban J connectivity index is 1.89. The predicted molar refractivity (Wildman–Crippen MR) is 83.1 cm³/mol. The van der Waals surface area contributed by atoms with Crippen LogP contribution in [0.5, 0.6) is 0 Å². The summed E-state index contributed by atoms with van der Waals surface area (Å²) in [6, 6.07) is 20.8. The van der Waals surface area contributed by atoms with Gasteiger partial charge in [0.2, 0.25) is 0 Å². The van der Waals surface area contributed by atoms with E-state index in [9.17, 15) is 4.79 Å². The molecule has 0 heterocycles. The second kappa shape index (κ2) is 6.13. The van der Waals surface area contributed by atoms with Crippen LogP contribution in [-0.4, -0.2) is 13.1 Å². The van der Waals surface area contributed by atoms with Crippen molar-refractivity contribution >= 4 is 5.97 Å². The second-order valence-electron chi connectivity index (χ2n) is 5.73. The zero-order chi connectivity index (χ0) is 14.7. The predicted octanol–water partition coefficient (Wildman–Crippen LogP) is 4.14. The minimum Gasteiger partial charge on any atom is -0.469 e. The number of esters is 1. The lowest BCUT2D eigenvalue weighted by molar-refractivity contribution is -0.145. The fraction of sp³-hybridized carbons (Fsp3) is 0.316. The van der Waals surface area contributed by atoms with Crippen LogP contribution in [0.1, 0.15) is 35.8 Å². The molecule has 3 atom stereocenters. The molecule has 0 amide bonds. The van der Waals surface area contributed by atoms with Crippen molar-refractivity contribution in [2.45, 2.75) is 24.7 Å². The third-order valence-corrected chi connectivity index (χ3v) is 4.57. The van der Waals surface area contributed by atoms with Gasteiger partial charge in [-0.25, -0.2) is 0 Å². The second-order valence-corrected chi connectivity index (χ2v) is 5.73. The fourth-order valence-corrected chi connectivity index (χ4v) is 3.52.